The molecule has 3 amide bonds. The summed E-state index contributed by atoms with van der Waals surface area (Å²) in [6.07, 6.45) is 2.90. The molecule has 1 aromatic rings. The van der Waals surface area contributed by atoms with Crippen LogP contribution in [0, 0.1) is 11.3 Å². The van der Waals surface area contributed by atoms with Crippen molar-refractivity contribution in [3.63, 3.8) is 0 Å². The first-order chi connectivity index (χ1) is 12.2. The highest BCUT2D eigenvalue weighted by Gasteiger charge is 2.56. The van der Waals surface area contributed by atoms with Crippen LogP contribution < -0.4 is 5.32 Å². The molecule has 0 aromatic carbocycles. The number of imide groups is 1. The van der Waals surface area contributed by atoms with E-state index in [1.807, 2.05) is 0 Å². The first-order valence-corrected chi connectivity index (χ1v) is 9.13. The Bertz CT molecular complexity index is 657. The predicted molar refractivity (Wildman–Crippen MR) is 94.1 cm³/mol. The van der Waals surface area contributed by atoms with Crippen LogP contribution in [0.25, 0.3) is 0 Å². The highest BCUT2D eigenvalue weighted by molar-refractivity contribution is 6.07. The summed E-state index contributed by atoms with van der Waals surface area (Å²) >= 11 is 0. The molecule has 1 aliphatic heterocycles. The number of hydrogen-bond donors (Lipinski definition) is 2. The molecule has 2 fully saturated rings. The number of urea groups is 1. The molecule has 26 heavy (non-hydrogen) atoms. The fourth-order valence-electron chi connectivity index (χ4n) is 4.63. The van der Waals surface area contributed by atoms with Crippen LogP contribution in [0.2, 0.25) is 0 Å². The quantitative estimate of drug-likeness (QED) is 0.756. The number of hydrogen-bond acceptors (Lipinski definition) is 5. The van der Waals surface area contributed by atoms with Gasteiger partial charge >= 0.3 is 6.03 Å². The van der Waals surface area contributed by atoms with Crippen molar-refractivity contribution in [1.82, 2.24) is 10.2 Å². The van der Waals surface area contributed by atoms with Crippen molar-refractivity contribution in [3.05, 3.63) is 24.2 Å². The summed E-state index contributed by atoms with van der Waals surface area (Å²) in [4.78, 5) is 26.5. The molecule has 144 valence electrons. The van der Waals surface area contributed by atoms with Crippen LogP contribution in [0.15, 0.2) is 22.8 Å². The Hall–Kier alpha value is -1.86. The van der Waals surface area contributed by atoms with Gasteiger partial charge in [0.1, 0.15) is 17.9 Å². The first kappa shape index (κ1) is 18.9. The molecule has 2 aliphatic rings. The van der Waals surface area contributed by atoms with E-state index < -0.39 is 17.7 Å². The topological polar surface area (TPSA) is 92.0 Å². The zero-order chi connectivity index (χ0) is 18.9. The van der Waals surface area contributed by atoms with E-state index in [0.717, 1.165) is 11.3 Å². The van der Waals surface area contributed by atoms with E-state index in [1.54, 1.807) is 18.4 Å². The summed E-state index contributed by atoms with van der Waals surface area (Å²) in [5.74, 6) is 0.779. The second-order valence-electron chi connectivity index (χ2n) is 8.53. The minimum absolute atomic E-state index is 0.0125. The molecule has 3 atom stereocenters. The Labute approximate surface area is 153 Å². The lowest BCUT2D eigenvalue weighted by Crippen LogP contribution is -2.54. The summed E-state index contributed by atoms with van der Waals surface area (Å²) in [6, 6.07) is 3.11. The summed E-state index contributed by atoms with van der Waals surface area (Å²) in [7, 11) is 0. The summed E-state index contributed by atoms with van der Waals surface area (Å²) < 4.78 is 10.5. The summed E-state index contributed by atoms with van der Waals surface area (Å²) in [6.45, 7) is 6.56. The van der Waals surface area contributed by atoms with Gasteiger partial charge in [-0.3, -0.25) is 9.69 Å². The maximum atomic E-state index is 13.0. The summed E-state index contributed by atoms with van der Waals surface area (Å²) in [5, 5.41) is 13.1. The fourth-order valence-corrected chi connectivity index (χ4v) is 4.63. The van der Waals surface area contributed by atoms with Gasteiger partial charge in [0.15, 0.2) is 0 Å². The maximum absolute atomic E-state index is 13.0. The van der Waals surface area contributed by atoms with Crippen molar-refractivity contribution in [2.24, 2.45) is 11.3 Å². The minimum Gasteiger partial charge on any atom is -0.467 e. The van der Waals surface area contributed by atoms with E-state index in [0.29, 0.717) is 24.5 Å². The third kappa shape index (κ3) is 3.94. The second kappa shape index (κ2) is 7.04. The third-order valence-electron chi connectivity index (χ3n) is 5.15. The number of furan rings is 1. The molecule has 1 saturated carbocycles. The van der Waals surface area contributed by atoms with Gasteiger partial charge in [-0.2, -0.15) is 0 Å². The van der Waals surface area contributed by atoms with E-state index in [1.165, 1.54) is 0 Å². The van der Waals surface area contributed by atoms with Crippen LogP contribution in [-0.2, 0) is 16.1 Å². The number of rotatable bonds is 6. The number of ether oxygens (including phenoxy) is 1. The molecular formula is C19H28N2O5. The standard InChI is InChI=1S/C19H28N2O5/c1-13-7-18(2,3)12-19(8-13)16(23)21(17(24)20-19)9-14(22)10-25-11-15-5-4-6-26-15/h4-6,13-14,22H,7-12H2,1-3H3,(H,20,24). The monoisotopic (exact) mass is 364 g/mol. The number of aliphatic hydroxyl groups is 1. The maximum Gasteiger partial charge on any atom is 0.325 e. The van der Waals surface area contributed by atoms with Crippen molar-refractivity contribution < 1.29 is 23.8 Å². The molecule has 1 aliphatic carbocycles. The van der Waals surface area contributed by atoms with E-state index in [9.17, 15) is 14.7 Å². The van der Waals surface area contributed by atoms with Gasteiger partial charge in [0.25, 0.3) is 5.91 Å². The molecule has 3 unspecified atom stereocenters. The van der Waals surface area contributed by atoms with E-state index in [2.05, 4.69) is 26.1 Å². The molecule has 1 aromatic heterocycles. The van der Waals surface area contributed by atoms with Crippen LogP contribution in [0.4, 0.5) is 4.79 Å². The molecule has 0 radical (unpaired) electrons. The number of nitrogens with zero attached hydrogens (tertiary/aromatic N) is 1. The minimum atomic E-state index is -0.941. The molecule has 7 nitrogen and oxygen atoms in total. The van der Waals surface area contributed by atoms with Gasteiger partial charge in [0, 0.05) is 0 Å². The van der Waals surface area contributed by atoms with Gasteiger partial charge in [0.05, 0.1) is 25.5 Å². The fraction of sp³-hybridized carbons (Fsp3) is 0.684. The van der Waals surface area contributed by atoms with Crippen LogP contribution in [0.5, 0.6) is 0 Å². The highest BCUT2D eigenvalue weighted by atomic mass is 16.5. The van der Waals surface area contributed by atoms with Crippen molar-refractivity contribution in [1.29, 1.82) is 0 Å². The second-order valence-corrected chi connectivity index (χ2v) is 8.53. The number of carbonyl (C=O) groups excluding carboxylic acids is 2. The van der Waals surface area contributed by atoms with Crippen LogP contribution in [-0.4, -0.2) is 46.7 Å². The lowest BCUT2D eigenvalue weighted by molar-refractivity contribution is -0.136. The third-order valence-corrected chi connectivity index (χ3v) is 5.15. The molecule has 1 saturated heterocycles. The van der Waals surface area contributed by atoms with Gasteiger partial charge in [-0.05, 0) is 42.7 Å². The molecule has 2 heterocycles. The van der Waals surface area contributed by atoms with Gasteiger partial charge < -0.3 is 19.6 Å². The zero-order valence-corrected chi connectivity index (χ0v) is 15.7. The average Bonchev–Trinajstić information content (AvgIpc) is 3.09. The zero-order valence-electron chi connectivity index (χ0n) is 15.7. The van der Waals surface area contributed by atoms with Crippen molar-refractivity contribution in [3.8, 4) is 0 Å². The van der Waals surface area contributed by atoms with Crippen molar-refractivity contribution in [2.45, 2.75) is 58.3 Å². The average molecular weight is 364 g/mol. The normalized spacial score (nSPS) is 29.2. The summed E-state index contributed by atoms with van der Waals surface area (Å²) in [5.41, 5.74) is -0.853. The Balaban J connectivity index is 1.58. The van der Waals surface area contributed by atoms with Crippen molar-refractivity contribution in [2.75, 3.05) is 13.2 Å². The Kier molecular flexibility index (Phi) is 5.12. The van der Waals surface area contributed by atoms with Crippen molar-refractivity contribution >= 4 is 11.9 Å². The number of aliphatic hydroxyl groups excluding tert-OH is 1. The lowest BCUT2D eigenvalue weighted by Gasteiger charge is -2.43. The number of nitrogens with one attached hydrogen (secondary N) is 1. The molecule has 0 bridgehead atoms. The highest BCUT2D eigenvalue weighted by Crippen LogP contribution is 2.46. The molecule has 1 spiro atoms. The van der Waals surface area contributed by atoms with E-state index >= 15 is 0 Å². The van der Waals surface area contributed by atoms with Crippen LogP contribution in [0.1, 0.15) is 45.8 Å². The predicted octanol–water partition coefficient (Wildman–Crippen LogP) is 2.29. The first-order valence-electron chi connectivity index (χ1n) is 9.13. The number of amides is 3. The Morgan fingerprint density at radius 1 is 1.42 bits per heavy atom. The smallest absolute Gasteiger partial charge is 0.325 e. The van der Waals surface area contributed by atoms with Crippen LogP contribution in [0.3, 0.4) is 0 Å². The molecule has 2 N–H and O–H groups in total. The SMILES string of the molecule is CC1CC(C)(C)CC2(C1)NC(=O)N(CC(O)COCc1ccco1)C2=O. The van der Waals surface area contributed by atoms with E-state index in [-0.39, 0.29) is 31.1 Å². The van der Waals surface area contributed by atoms with Gasteiger partial charge in [-0.1, -0.05) is 20.8 Å². The lowest BCUT2D eigenvalue weighted by atomic mass is 9.64. The Morgan fingerprint density at radius 3 is 2.85 bits per heavy atom. The van der Waals surface area contributed by atoms with Gasteiger partial charge in [-0.15, -0.1) is 0 Å². The van der Waals surface area contributed by atoms with Crippen LogP contribution >= 0.6 is 0 Å². The number of carbonyl (C=O) groups is 2. The molecular weight excluding hydrogens is 336 g/mol. The van der Waals surface area contributed by atoms with E-state index in [4.69, 9.17) is 9.15 Å². The number of β-amino-alcohol motifs (C(OH)–C–C–N with tert-alkyl or cyclic N) is 1. The van der Waals surface area contributed by atoms with Gasteiger partial charge in [-0.25, -0.2) is 4.79 Å². The molecule has 3 rings (SSSR count). The Morgan fingerprint density at radius 2 is 2.19 bits per heavy atom. The largest absolute Gasteiger partial charge is 0.467 e. The van der Waals surface area contributed by atoms with Gasteiger partial charge in [0.2, 0.25) is 0 Å². The molecule has 7 heteroatoms.